The molecule has 0 spiro atoms. The van der Waals surface area contributed by atoms with Gasteiger partial charge in [0.1, 0.15) is 0 Å². The molecule has 1 N–H and O–H groups in total. The van der Waals surface area contributed by atoms with E-state index in [1.165, 1.54) is 0 Å². The van der Waals surface area contributed by atoms with Gasteiger partial charge in [0, 0.05) is 31.5 Å². The van der Waals surface area contributed by atoms with E-state index in [1.807, 2.05) is 25.7 Å². The summed E-state index contributed by atoms with van der Waals surface area (Å²) in [5.74, 6) is 0.365. The molecule has 0 atom stereocenters. The van der Waals surface area contributed by atoms with Crippen LogP contribution < -0.4 is 5.32 Å². The van der Waals surface area contributed by atoms with E-state index in [1.54, 1.807) is 0 Å². The Hall–Kier alpha value is -1.06. The normalized spacial score (nSPS) is 17.6. The fraction of sp³-hybridized carbons (Fsp3) is 0.833. The van der Waals surface area contributed by atoms with E-state index in [0.29, 0.717) is 6.42 Å². The Morgan fingerprint density at radius 2 is 1.88 bits per heavy atom. The average Bonchev–Trinajstić information content (AvgIpc) is 2.28. The van der Waals surface area contributed by atoms with Crippen LogP contribution in [0.15, 0.2) is 0 Å². The molecule has 1 heterocycles. The van der Waals surface area contributed by atoms with Gasteiger partial charge >= 0.3 is 0 Å². The van der Waals surface area contributed by atoms with E-state index < -0.39 is 0 Å². The zero-order valence-electron chi connectivity index (χ0n) is 10.5. The van der Waals surface area contributed by atoms with Crippen LogP contribution in [-0.4, -0.2) is 35.8 Å². The van der Waals surface area contributed by atoms with Gasteiger partial charge in [-0.1, -0.05) is 20.8 Å². The molecule has 4 heteroatoms. The van der Waals surface area contributed by atoms with Crippen LogP contribution >= 0.6 is 0 Å². The maximum atomic E-state index is 11.5. The zero-order chi connectivity index (χ0) is 12.1. The molecule has 1 aliphatic heterocycles. The van der Waals surface area contributed by atoms with Crippen molar-refractivity contribution in [2.75, 3.05) is 13.1 Å². The van der Waals surface area contributed by atoms with Crippen molar-refractivity contribution in [2.24, 2.45) is 5.92 Å². The maximum absolute atomic E-state index is 11.5. The van der Waals surface area contributed by atoms with Crippen LogP contribution in [0.5, 0.6) is 0 Å². The van der Waals surface area contributed by atoms with Crippen LogP contribution in [0.3, 0.4) is 0 Å². The lowest BCUT2D eigenvalue weighted by Crippen LogP contribution is -2.47. The molecule has 0 saturated carbocycles. The third-order valence-corrected chi connectivity index (χ3v) is 3.02. The molecule has 0 radical (unpaired) electrons. The van der Waals surface area contributed by atoms with Gasteiger partial charge in [-0.2, -0.15) is 0 Å². The number of carbonyl (C=O) groups excluding carboxylic acids is 2. The van der Waals surface area contributed by atoms with E-state index in [4.69, 9.17) is 0 Å². The first-order valence-electron chi connectivity index (χ1n) is 6.12. The van der Waals surface area contributed by atoms with Gasteiger partial charge < -0.3 is 10.2 Å². The maximum Gasteiger partial charge on any atom is 0.222 e. The Morgan fingerprint density at radius 1 is 1.31 bits per heavy atom. The summed E-state index contributed by atoms with van der Waals surface area (Å²) in [6.45, 7) is 7.22. The molecular weight excluding hydrogens is 204 g/mol. The molecule has 2 amide bonds. The van der Waals surface area contributed by atoms with Gasteiger partial charge in [0.15, 0.2) is 0 Å². The molecule has 92 valence electrons. The Balaban J connectivity index is 2.32. The van der Waals surface area contributed by atoms with Gasteiger partial charge in [0.2, 0.25) is 11.8 Å². The van der Waals surface area contributed by atoms with Gasteiger partial charge in [-0.25, -0.2) is 0 Å². The van der Waals surface area contributed by atoms with E-state index in [9.17, 15) is 9.59 Å². The largest absolute Gasteiger partial charge is 0.353 e. The number of nitrogens with one attached hydrogen (secondary N) is 1. The van der Waals surface area contributed by atoms with E-state index >= 15 is 0 Å². The van der Waals surface area contributed by atoms with Crippen LogP contribution in [0.1, 0.15) is 40.0 Å². The van der Waals surface area contributed by atoms with E-state index in [0.717, 1.165) is 25.9 Å². The second-order valence-electron chi connectivity index (χ2n) is 4.67. The predicted octanol–water partition coefficient (Wildman–Crippen LogP) is 1.16. The molecule has 0 bridgehead atoms. The lowest BCUT2D eigenvalue weighted by molar-refractivity contribution is -0.132. The fourth-order valence-electron chi connectivity index (χ4n) is 1.86. The lowest BCUT2D eigenvalue weighted by atomic mass is 10.0. The smallest absolute Gasteiger partial charge is 0.222 e. The van der Waals surface area contributed by atoms with Crippen molar-refractivity contribution in [3.05, 3.63) is 0 Å². The second kappa shape index (κ2) is 5.87. The Kier molecular flexibility index (Phi) is 4.77. The summed E-state index contributed by atoms with van der Waals surface area (Å²) in [5.41, 5.74) is 0. The van der Waals surface area contributed by atoms with Crippen LogP contribution in [0.2, 0.25) is 0 Å². The lowest BCUT2D eigenvalue weighted by Gasteiger charge is -2.32. The molecule has 4 nitrogen and oxygen atoms in total. The van der Waals surface area contributed by atoms with Crippen molar-refractivity contribution < 1.29 is 9.59 Å². The standard InChI is InChI=1S/C12H22N2O2/c1-4-11(15)14-7-5-10(6-8-14)13-12(16)9(2)3/h9-10H,4-8H2,1-3H3,(H,13,16). The monoisotopic (exact) mass is 226 g/mol. The second-order valence-corrected chi connectivity index (χ2v) is 4.67. The molecule has 0 unspecified atom stereocenters. The van der Waals surface area contributed by atoms with Gasteiger partial charge in [-0.15, -0.1) is 0 Å². The Labute approximate surface area is 97.4 Å². The summed E-state index contributed by atoms with van der Waals surface area (Å²) >= 11 is 0. The summed E-state index contributed by atoms with van der Waals surface area (Å²) in [4.78, 5) is 24.8. The Morgan fingerprint density at radius 3 is 2.31 bits per heavy atom. The Bertz CT molecular complexity index is 256. The highest BCUT2D eigenvalue weighted by molar-refractivity contribution is 5.78. The number of carbonyl (C=O) groups is 2. The van der Waals surface area contributed by atoms with E-state index in [2.05, 4.69) is 5.32 Å². The minimum absolute atomic E-state index is 0.0373. The van der Waals surface area contributed by atoms with Crippen LogP contribution in [0.25, 0.3) is 0 Å². The van der Waals surface area contributed by atoms with Gasteiger partial charge in [-0.05, 0) is 12.8 Å². The summed E-state index contributed by atoms with van der Waals surface area (Å²) < 4.78 is 0. The van der Waals surface area contributed by atoms with Crippen molar-refractivity contribution in [2.45, 2.75) is 46.1 Å². The first-order chi connectivity index (χ1) is 7.54. The van der Waals surface area contributed by atoms with Crippen LogP contribution in [0.4, 0.5) is 0 Å². The number of amides is 2. The van der Waals surface area contributed by atoms with Gasteiger partial charge in [0.25, 0.3) is 0 Å². The number of piperidine rings is 1. The average molecular weight is 226 g/mol. The molecule has 1 aliphatic rings. The van der Waals surface area contributed by atoms with Crippen LogP contribution in [-0.2, 0) is 9.59 Å². The molecule has 1 fully saturated rings. The minimum atomic E-state index is 0.0373. The highest BCUT2D eigenvalue weighted by atomic mass is 16.2. The summed E-state index contributed by atoms with van der Waals surface area (Å²) in [7, 11) is 0. The zero-order valence-corrected chi connectivity index (χ0v) is 10.5. The molecule has 1 saturated heterocycles. The van der Waals surface area contributed by atoms with Crippen molar-refractivity contribution in [1.29, 1.82) is 0 Å². The minimum Gasteiger partial charge on any atom is -0.353 e. The number of hydrogen-bond donors (Lipinski definition) is 1. The van der Waals surface area contributed by atoms with Crippen molar-refractivity contribution in [3.63, 3.8) is 0 Å². The van der Waals surface area contributed by atoms with E-state index in [-0.39, 0.29) is 23.8 Å². The number of likely N-dealkylation sites (tertiary alicyclic amines) is 1. The van der Waals surface area contributed by atoms with Crippen molar-refractivity contribution in [1.82, 2.24) is 10.2 Å². The molecule has 16 heavy (non-hydrogen) atoms. The summed E-state index contributed by atoms with van der Waals surface area (Å²) in [6, 6.07) is 0.246. The first-order valence-corrected chi connectivity index (χ1v) is 6.12. The highest BCUT2D eigenvalue weighted by Gasteiger charge is 2.23. The molecule has 0 aromatic heterocycles. The third-order valence-electron chi connectivity index (χ3n) is 3.02. The molecule has 1 rings (SSSR count). The van der Waals surface area contributed by atoms with Crippen molar-refractivity contribution >= 4 is 11.8 Å². The summed E-state index contributed by atoms with van der Waals surface area (Å²) in [6.07, 6.45) is 2.33. The van der Waals surface area contributed by atoms with Crippen LogP contribution in [0, 0.1) is 5.92 Å². The molecule has 0 aliphatic carbocycles. The highest BCUT2D eigenvalue weighted by Crippen LogP contribution is 2.11. The molecular formula is C12H22N2O2. The fourth-order valence-corrected chi connectivity index (χ4v) is 1.86. The molecule has 0 aromatic rings. The topological polar surface area (TPSA) is 49.4 Å². The number of hydrogen-bond acceptors (Lipinski definition) is 2. The summed E-state index contributed by atoms with van der Waals surface area (Å²) in [5, 5.41) is 3.02. The molecule has 0 aromatic carbocycles. The van der Waals surface area contributed by atoms with Gasteiger partial charge in [-0.3, -0.25) is 9.59 Å². The van der Waals surface area contributed by atoms with Crippen molar-refractivity contribution in [3.8, 4) is 0 Å². The van der Waals surface area contributed by atoms with Gasteiger partial charge in [0.05, 0.1) is 0 Å². The quantitative estimate of drug-likeness (QED) is 0.785. The third kappa shape index (κ3) is 3.51. The SMILES string of the molecule is CCC(=O)N1CCC(NC(=O)C(C)C)CC1. The number of nitrogens with zero attached hydrogens (tertiary/aromatic N) is 1. The number of rotatable bonds is 3. The predicted molar refractivity (Wildman–Crippen MR) is 62.9 cm³/mol. The first kappa shape index (κ1) is 13.0.